The van der Waals surface area contributed by atoms with Crippen LogP contribution in [0.25, 0.3) is 0 Å². The molecule has 4 atom stereocenters. The van der Waals surface area contributed by atoms with Gasteiger partial charge in [-0.15, -0.1) is 0 Å². The van der Waals surface area contributed by atoms with Crippen LogP contribution < -0.4 is 0 Å². The number of fused-ring (bicyclic) bond motifs is 2. The fourth-order valence-corrected chi connectivity index (χ4v) is 3.89. The smallest absolute Gasteiger partial charge is 0.158 e. The predicted molar refractivity (Wildman–Crippen MR) is 92.5 cm³/mol. The van der Waals surface area contributed by atoms with Crippen LogP contribution in [0.15, 0.2) is 0 Å². The Bertz CT molecular complexity index is 505. The van der Waals surface area contributed by atoms with E-state index in [1.165, 1.54) is 0 Å². The molecule has 0 spiro atoms. The zero-order valence-corrected chi connectivity index (χ0v) is 16.1. The molecule has 0 aromatic carbocycles. The van der Waals surface area contributed by atoms with Crippen molar-refractivity contribution in [2.75, 3.05) is 0 Å². The first-order valence-electron chi connectivity index (χ1n) is 8.96. The van der Waals surface area contributed by atoms with Crippen LogP contribution in [0, 0.1) is 35.0 Å². The molecule has 0 heterocycles. The van der Waals surface area contributed by atoms with Gasteiger partial charge in [-0.25, -0.2) is 9.78 Å². The zero-order chi connectivity index (χ0) is 17.7. The first-order valence-corrected chi connectivity index (χ1v) is 8.96. The average molecular weight is 322 g/mol. The summed E-state index contributed by atoms with van der Waals surface area (Å²) < 4.78 is 0. The SMILES string of the molecule is CCC(C)(C)OOC(C)(C)C#C[C@@]1(O)C[C@H]2C[C@@H]1[C@H](C)C2(C)C. The van der Waals surface area contributed by atoms with Gasteiger partial charge in [0.1, 0.15) is 5.60 Å². The molecular formula is C20H34O3. The molecule has 2 saturated carbocycles. The standard InChI is InChI=1S/C20H34O3/c1-9-17(3,4)22-23-18(5,6)10-11-20(21)13-15-12-16(20)14(2)19(15,7)8/h14-16,21H,9,12-13H2,1-8H3/t14-,15+,16+,20+/m0/s1. The average Bonchev–Trinajstić information content (AvgIpc) is 2.91. The highest BCUT2D eigenvalue weighted by molar-refractivity contribution is 5.27. The maximum atomic E-state index is 11.1. The van der Waals surface area contributed by atoms with Crippen molar-refractivity contribution >= 4 is 0 Å². The molecule has 0 aromatic heterocycles. The molecule has 2 rings (SSSR count). The third-order valence-electron chi connectivity index (χ3n) is 6.45. The summed E-state index contributed by atoms with van der Waals surface area (Å²) in [6.07, 6.45) is 2.72. The number of aliphatic hydroxyl groups is 1. The second-order valence-electron chi connectivity index (χ2n) is 9.32. The Hall–Kier alpha value is -0.560. The van der Waals surface area contributed by atoms with E-state index in [4.69, 9.17) is 9.78 Å². The van der Waals surface area contributed by atoms with E-state index >= 15 is 0 Å². The van der Waals surface area contributed by atoms with Crippen LogP contribution >= 0.6 is 0 Å². The van der Waals surface area contributed by atoms with Crippen LogP contribution in [0.4, 0.5) is 0 Å². The highest BCUT2D eigenvalue weighted by atomic mass is 17.2. The van der Waals surface area contributed by atoms with Gasteiger partial charge in [0.05, 0.1) is 5.60 Å². The molecule has 23 heavy (non-hydrogen) atoms. The maximum Gasteiger partial charge on any atom is 0.158 e. The minimum Gasteiger partial charge on any atom is -0.377 e. The summed E-state index contributed by atoms with van der Waals surface area (Å²) in [7, 11) is 0. The van der Waals surface area contributed by atoms with Gasteiger partial charge in [-0.3, -0.25) is 0 Å². The molecule has 2 bridgehead atoms. The van der Waals surface area contributed by atoms with E-state index in [1.54, 1.807) is 0 Å². The number of rotatable bonds is 4. The second-order valence-corrected chi connectivity index (χ2v) is 9.32. The molecule has 3 heteroatoms. The Balaban J connectivity index is 2.07. The van der Waals surface area contributed by atoms with E-state index in [2.05, 4.69) is 39.5 Å². The fourth-order valence-electron chi connectivity index (χ4n) is 3.89. The lowest BCUT2D eigenvalue weighted by Crippen LogP contribution is -2.44. The Morgan fingerprint density at radius 2 is 1.78 bits per heavy atom. The van der Waals surface area contributed by atoms with Gasteiger partial charge in [0.25, 0.3) is 0 Å². The third kappa shape index (κ3) is 3.60. The van der Waals surface area contributed by atoms with Crippen LogP contribution in [-0.2, 0) is 9.78 Å². The second kappa shape index (κ2) is 5.76. The van der Waals surface area contributed by atoms with Crippen molar-refractivity contribution in [2.24, 2.45) is 23.2 Å². The lowest BCUT2D eigenvalue weighted by atomic mass is 9.64. The first-order chi connectivity index (χ1) is 10.3. The van der Waals surface area contributed by atoms with Crippen molar-refractivity contribution < 1.29 is 14.9 Å². The third-order valence-corrected chi connectivity index (χ3v) is 6.45. The van der Waals surface area contributed by atoms with Gasteiger partial charge in [-0.2, -0.15) is 0 Å². The van der Waals surface area contributed by atoms with Gasteiger partial charge < -0.3 is 5.11 Å². The van der Waals surface area contributed by atoms with Crippen LogP contribution in [-0.4, -0.2) is 21.9 Å². The molecule has 3 nitrogen and oxygen atoms in total. The van der Waals surface area contributed by atoms with Gasteiger partial charge in [-0.05, 0) is 64.2 Å². The van der Waals surface area contributed by atoms with Gasteiger partial charge >= 0.3 is 0 Å². The summed E-state index contributed by atoms with van der Waals surface area (Å²) in [5.41, 5.74) is -1.64. The van der Waals surface area contributed by atoms with E-state index < -0.39 is 11.2 Å². The van der Waals surface area contributed by atoms with Crippen molar-refractivity contribution in [3.8, 4) is 11.8 Å². The molecule has 1 N–H and O–H groups in total. The molecule has 0 saturated heterocycles. The van der Waals surface area contributed by atoms with Gasteiger partial charge in [-0.1, -0.05) is 39.5 Å². The van der Waals surface area contributed by atoms with Crippen LogP contribution in [0.5, 0.6) is 0 Å². The number of hydrogen-bond donors (Lipinski definition) is 1. The highest BCUT2D eigenvalue weighted by Gasteiger charge is 2.61. The van der Waals surface area contributed by atoms with Crippen molar-refractivity contribution in [1.82, 2.24) is 0 Å². The first kappa shape index (κ1) is 18.8. The topological polar surface area (TPSA) is 38.7 Å². The minimum atomic E-state index is -0.874. The highest BCUT2D eigenvalue weighted by Crippen LogP contribution is 2.62. The Morgan fingerprint density at radius 1 is 1.17 bits per heavy atom. The van der Waals surface area contributed by atoms with Gasteiger partial charge in [0.15, 0.2) is 5.60 Å². The number of hydrogen-bond acceptors (Lipinski definition) is 3. The molecule has 0 radical (unpaired) electrons. The molecule has 2 fully saturated rings. The van der Waals surface area contributed by atoms with Crippen molar-refractivity contribution in [3.05, 3.63) is 0 Å². The van der Waals surface area contributed by atoms with E-state index in [1.807, 2.05) is 27.7 Å². The lowest BCUT2D eigenvalue weighted by molar-refractivity contribution is -0.388. The Labute approximate surface area is 142 Å². The molecule has 2 aliphatic carbocycles. The predicted octanol–water partition coefficient (Wildman–Crippen LogP) is 4.34. The van der Waals surface area contributed by atoms with Crippen molar-refractivity contribution in [1.29, 1.82) is 0 Å². The Kier molecular flexibility index (Phi) is 4.70. The zero-order valence-electron chi connectivity index (χ0n) is 16.1. The molecule has 132 valence electrons. The molecular weight excluding hydrogens is 288 g/mol. The fraction of sp³-hybridized carbons (Fsp3) is 0.900. The largest absolute Gasteiger partial charge is 0.377 e. The van der Waals surface area contributed by atoms with E-state index in [9.17, 15) is 5.11 Å². The molecule has 0 unspecified atom stereocenters. The van der Waals surface area contributed by atoms with Crippen LogP contribution in [0.3, 0.4) is 0 Å². The lowest BCUT2D eigenvalue weighted by Gasteiger charge is -2.42. The molecule has 0 aromatic rings. The minimum absolute atomic E-state index is 0.263. The summed E-state index contributed by atoms with van der Waals surface area (Å²) in [4.78, 5) is 11.1. The van der Waals surface area contributed by atoms with E-state index in [0.717, 1.165) is 19.3 Å². The van der Waals surface area contributed by atoms with Crippen molar-refractivity contribution in [3.63, 3.8) is 0 Å². The molecule has 0 aliphatic heterocycles. The quantitative estimate of drug-likeness (QED) is 0.475. The summed E-state index contributed by atoms with van der Waals surface area (Å²) in [5.74, 6) is 7.58. The monoisotopic (exact) mass is 322 g/mol. The van der Waals surface area contributed by atoms with Crippen LogP contribution in [0.1, 0.15) is 74.7 Å². The summed E-state index contributed by atoms with van der Waals surface area (Å²) in [6.45, 7) is 16.7. The summed E-state index contributed by atoms with van der Waals surface area (Å²) in [5, 5.41) is 11.1. The van der Waals surface area contributed by atoms with E-state index in [-0.39, 0.29) is 11.5 Å². The van der Waals surface area contributed by atoms with Gasteiger partial charge in [0, 0.05) is 5.92 Å². The van der Waals surface area contributed by atoms with E-state index in [0.29, 0.717) is 17.3 Å². The van der Waals surface area contributed by atoms with Crippen molar-refractivity contribution in [2.45, 2.75) is 91.5 Å². The normalized spacial score (nSPS) is 36.0. The van der Waals surface area contributed by atoms with Gasteiger partial charge in [0.2, 0.25) is 0 Å². The Morgan fingerprint density at radius 3 is 2.26 bits per heavy atom. The maximum absolute atomic E-state index is 11.1. The summed E-state index contributed by atoms with van der Waals surface area (Å²) in [6, 6.07) is 0. The van der Waals surface area contributed by atoms with Crippen LogP contribution in [0.2, 0.25) is 0 Å². The summed E-state index contributed by atoms with van der Waals surface area (Å²) >= 11 is 0. The molecule has 2 aliphatic rings. The molecule has 0 amide bonds.